The number of alkyl halides is 2. The van der Waals surface area contributed by atoms with Crippen molar-refractivity contribution < 1.29 is 12.9 Å². The average Bonchev–Trinajstić information content (AvgIpc) is 3.34. The fourth-order valence-corrected chi connectivity index (χ4v) is 7.72. The van der Waals surface area contributed by atoms with Crippen LogP contribution in [0.4, 0.5) is 12.9 Å². The van der Waals surface area contributed by atoms with E-state index in [0.29, 0.717) is 15.9 Å². The summed E-state index contributed by atoms with van der Waals surface area (Å²) >= 11 is 1.49. The SMILES string of the molecule is C=CCC(F)(F)c1cc(-c2ccsc2)ccc1[Si](F)(c1ccccc1)c1ccccc1. The molecule has 0 nitrogen and oxygen atoms in total. The van der Waals surface area contributed by atoms with Crippen LogP contribution in [-0.4, -0.2) is 8.41 Å². The molecule has 0 aliphatic heterocycles. The molecule has 0 N–H and O–H groups in total. The van der Waals surface area contributed by atoms with E-state index < -0.39 is 20.8 Å². The van der Waals surface area contributed by atoms with Crippen LogP contribution in [0.3, 0.4) is 0 Å². The van der Waals surface area contributed by atoms with Crippen molar-refractivity contribution in [3.8, 4) is 11.1 Å². The number of hydrogen-bond donors (Lipinski definition) is 0. The summed E-state index contributed by atoms with van der Waals surface area (Å²) in [6, 6.07) is 24.0. The summed E-state index contributed by atoms with van der Waals surface area (Å²) in [5.74, 6) is -3.24. The highest BCUT2D eigenvalue weighted by molar-refractivity contribution is 7.08. The lowest BCUT2D eigenvalue weighted by Crippen LogP contribution is -2.65. The molecule has 156 valence electrons. The van der Waals surface area contributed by atoms with Crippen LogP contribution in [0.1, 0.15) is 12.0 Å². The van der Waals surface area contributed by atoms with Gasteiger partial charge in [0.15, 0.2) is 0 Å². The lowest BCUT2D eigenvalue weighted by Gasteiger charge is -2.29. The van der Waals surface area contributed by atoms with Gasteiger partial charge in [0.05, 0.1) is 0 Å². The molecule has 31 heavy (non-hydrogen) atoms. The summed E-state index contributed by atoms with van der Waals surface area (Å²) in [4.78, 5) is 0. The van der Waals surface area contributed by atoms with Crippen molar-refractivity contribution in [3.05, 3.63) is 114 Å². The Morgan fingerprint density at radius 3 is 1.97 bits per heavy atom. The zero-order valence-electron chi connectivity index (χ0n) is 16.8. The highest BCUT2D eigenvalue weighted by Crippen LogP contribution is 2.35. The number of halogens is 3. The van der Waals surface area contributed by atoms with E-state index >= 15 is 12.9 Å². The predicted octanol–water partition coefficient (Wildman–Crippen LogP) is 6.02. The number of allylic oxidation sites excluding steroid dienone is 1. The Morgan fingerprint density at radius 2 is 1.45 bits per heavy atom. The van der Waals surface area contributed by atoms with Gasteiger partial charge in [0.25, 0.3) is 5.92 Å². The van der Waals surface area contributed by atoms with Crippen molar-refractivity contribution in [2.75, 3.05) is 0 Å². The highest BCUT2D eigenvalue weighted by Gasteiger charge is 2.47. The second-order valence-electron chi connectivity index (χ2n) is 7.36. The molecule has 0 fully saturated rings. The van der Waals surface area contributed by atoms with E-state index in [0.717, 1.165) is 5.56 Å². The minimum absolute atomic E-state index is 0.0794. The second kappa shape index (κ2) is 8.69. The van der Waals surface area contributed by atoms with Gasteiger partial charge in [-0.3, -0.25) is 4.11 Å². The van der Waals surface area contributed by atoms with Gasteiger partial charge in [-0.25, -0.2) is 8.78 Å². The summed E-state index contributed by atoms with van der Waals surface area (Å²) < 4.78 is 48.1. The van der Waals surface area contributed by atoms with Gasteiger partial charge in [0, 0.05) is 12.0 Å². The molecule has 3 aromatic carbocycles. The Kier molecular flexibility index (Phi) is 5.98. The van der Waals surface area contributed by atoms with Gasteiger partial charge in [-0.15, -0.1) is 6.58 Å². The van der Waals surface area contributed by atoms with Gasteiger partial charge in [-0.05, 0) is 49.6 Å². The molecule has 4 aromatic rings. The Labute approximate surface area is 185 Å². The molecule has 0 atom stereocenters. The molecule has 0 aliphatic rings. The third kappa shape index (κ3) is 4.03. The fraction of sp³-hybridized carbons (Fsp3) is 0.0769. The van der Waals surface area contributed by atoms with Crippen LogP contribution in [0.15, 0.2) is 108 Å². The Balaban J connectivity index is 2.02. The normalized spacial score (nSPS) is 12.0. The molecule has 5 heteroatoms. The van der Waals surface area contributed by atoms with Crippen molar-refractivity contribution >= 4 is 35.3 Å². The van der Waals surface area contributed by atoms with Gasteiger partial charge in [0.1, 0.15) is 0 Å². The number of thiophene rings is 1. The van der Waals surface area contributed by atoms with Crippen molar-refractivity contribution in [2.24, 2.45) is 0 Å². The Hall–Kier alpha value is -2.89. The summed E-state index contributed by atoms with van der Waals surface area (Å²) in [5.41, 5.74) is 1.23. The first-order valence-electron chi connectivity index (χ1n) is 9.93. The molecule has 0 unspecified atom stereocenters. The first kappa shape index (κ1) is 21.3. The van der Waals surface area contributed by atoms with E-state index in [1.165, 1.54) is 23.5 Å². The number of benzene rings is 3. The summed E-state index contributed by atoms with van der Waals surface area (Å²) in [6.07, 6.45) is 0.634. The molecule has 0 saturated heterocycles. The van der Waals surface area contributed by atoms with Gasteiger partial charge in [0.2, 0.25) is 0 Å². The molecule has 0 bridgehead atoms. The van der Waals surface area contributed by atoms with Crippen LogP contribution in [0.25, 0.3) is 11.1 Å². The van der Waals surface area contributed by atoms with Crippen LogP contribution in [0.2, 0.25) is 0 Å². The minimum Gasteiger partial charge on any atom is -0.296 e. The van der Waals surface area contributed by atoms with Gasteiger partial charge >= 0.3 is 8.41 Å². The lowest BCUT2D eigenvalue weighted by atomic mass is 10.00. The maximum Gasteiger partial charge on any atom is 0.339 e. The van der Waals surface area contributed by atoms with Crippen LogP contribution < -0.4 is 15.6 Å². The molecule has 1 heterocycles. The third-order valence-electron chi connectivity index (χ3n) is 5.38. The predicted molar refractivity (Wildman–Crippen MR) is 127 cm³/mol. The van der Waals surface area contributed by atoms with E-state index in [9.17, 15) is 0 Å². The van der Waals surface area contributed by atoms with Crippen LogP contribution in [-0.2, 0) is 5.92 Å². The van der Waals surface area contributed by atoms with Gasteiger partial charge in [-0.2, -0.15) is 11.3 Å². The van der Waals surface area contributed by atoms with Crippen molar-refractivity contribution in [2.45, 2.75) is 12.3 Å². The topological polar surface area (TPSA) is 0 Å². The molecule has 0 radical (unpaired) electrons. The van der Waals surface area contributed by atoms with E-state index in [-0.39, 0.29) is 10.8 Å². The Bertz CT molecular complexity index is 1120. The van der Waals surface area contributed by atoms with Gasteiger partial charge < -0.3 is 0 Å². The summed E-state index contributed by atoms with van der Waals surface area (Å²) in [5, 5.41) is 4.77. The molecule has 0 spiro atoms. The zero-order chi connectivity index (χ0) is 21.9. The molecule has 4 rings (SSSR count). The van der Waals surface area contributed by atoms with E-state index in [1.807, 2.05) is 16.8 Å². The van der Waals surface area contributed by atoms with Crippen LogP contribution in [0.5, 0.6) is 0 Å². The van der Waals surface area contributed by atoms with E-state index in [1.54, 1.807) is 72.8 Å². The summed E-state index contributed by atoms with van der Waals surface area (Å²) in [6.45, 7) is 3.49. The van der Waals surface area contributed by atoms with E-state index in [4.69, 9.17) is 0 Å². The van der Waals surface area contributed by atoms with E-state index in [2.05, 4.69) is 6.58 Å². The maximum atomic E-state index is 17.3. The van der Waals surface area contributed by atoms with Crippen molar-refractivity contribution in [3.63, 3.8) is 0 Å². The van der Waals surface area contributed by atoms with Crippen LogP contribution >= 0.6 is 11.3 Å². The molecule has 0 aliphatic carbocycles. The first-order valence-corrected chi connectivity index (χ1v) is 12.7. The average molecular weight is 451 g/mol. The highest BCUT2D eigenvalue weighted by atomic mass is 32.1. The van der Waals surface area contributed by atoms with Gasteiger partial charge in [-0.1, -0.05) is 78.9 Å². The first-order chi connectivity index (χ1) is 15.0. The minimum atomic E-state index is -4.18. The summed E-state index contributed by atoms with van der Waals surface area (Å²) in [7, 11) is -4.18. The van der Waals surface area contributed by atoms with Crippen molar-refractivity contribution in [1.29, 1.82) is 0 Å². The second-order valence-corrected chi connectivity index (χ2v) is 11.2. The molecule has 0 amide bonds. The standard InChI is InChI=1S/C26H21F3SSi/c1-2-16-26(27,28)24-18-20(21-15-17-30-19-21)13-14-25(24)31(29,22-9-5-3-6-10-22)23-11-7-4-8-12-23/h2-15,17-19H,1,16H2. The fourth-order valence-electron chi connectivity index (χ4n) is 3.86. The smallest absolute Gasteiger partial charge is 0.296 e. The zero-order valence-corrected chi connectivity index (χ0v) is 18.6. The number of rotatable bonds is 7. The van der Waals surface area contributed by atoms with Crippen molar-refractivity contribution in [1.82, 2.24) is 0 Å². The Morgan fingerprint density at radius 1 is 0.839 bits per heavy atom. The molecule has 1 aromatic heterocycles. The largest absolute Gasteiger partial charge is 0.339 e. The third-order valence-corrected chi connectivity index (χ3v) is 9.50. The molecule has 0 saturated carbocycles. The molecular formula is C26H21F3SSi. The quantitative estimate of drug-likeness (QED) is 0.140. The molecular weight excluding hydrogens is 429 g/mol. The lowest BCUT2D eigenvalue weighted by molar-refractivity contribution is 0.000152. The number of hydrogen-bond acceptors (Lipinski definition) is 1. The monoisotopic (exact) mass is 450 g/mol. The van der Waals surface area contributed by atoms with Crippen LogP contribution in [0, 0.1) is 0 Å². The maximum absolute atomic E-state index is 17.3.